The lowest BCUT2D eigenvalue weighted by molar-refractivity contribution is 0.626. The van der Waals surface area contributed by atoms with E-state index in [4.69, 9.17) is 11.6 Å². The fourth-order valence-electron chi connectivity index (χ4n) is 1.39. The molecular formula is C12H9ClFN. The topological polar surface area (TPSA) is 12.9 Å². The van der Waals surface area contributed by atoms with E-state index in [1.165, 1.54) is 18.3 Å². The van der Waals surface area contributed by atoms with Gasteiger partial charge < -0.3 is 0 Å². The number of halogens is 2. The molecule has 2 aromatic rings. The highest BCUT2D eigenvalue weighted by molar-refractivity contribution is 6.33. The van der Waals surface area contributed by atoms with E-state index in [0.717, 1.165) is 11.1 Å². The van der Waals surface area contributed by atoms with Gasteiger partial charge in [-0.3, -0.25) is 4.98 Å². The molecule has 76 valence electrons. The third-order valence-electron chi connectivity index (χ3n) is 2.12. The summed E-state index contributed by atoms with van der Waals surface area (Å²) in [5.74, 6) is -0.308. The maximum absolute atomic E-state index is 13.0. The number of pyridine rings is 1. The summed E-state index contributed by atoms with van der Waals surface area (Å²) in [6.45, 7) is 1.96. The average molecular weight is 222 g/mol. The van der Waals surface area contributed by atoms with Gasteiger partial charge in [0.05, 0.1) is 5.69 Å². The molecule has 0 aliphatic rings. The molecule has 0 unspecified atom stereocenters. The Morgan fingerprint density at radius 2 is 2.00 bits per heavy atom. The Balaban J connectivity index is 2.58. The first-order valence-corrected chi connectivity index (χ1v) is 4.93. The lowest BCUT2D eigenvalue weighted by Gasteiger charge is -2.04. The maximum atomic E-state index is 13.0. The maximum Gasteiger partial charge on any atom is 0.126 e. The minimum absolute atomic E-state index is 0.308. The molecule has 15 heavy (non-hydrogen) atoms. The third kappa shape index (κ3) is 2.16. The Morgan fingerprint density at radius 3 is 2.73 bits per heavy atom. The van der Waals surface area contributed by atoms with E-state index < -0.39 is 0 Å². The van der Waals surface area contributed by atoms with Crippen molar-refractivity contribution in [3.8, 4) is 11.3 Å². The van der Waals surface area contributed by atoms with E-state index in [-0.39, 0.29) is 5.82 Å². The highest BCUT2D eigenvalue weighted by Gasteiger charge is 2.05. The van der Waals surface area contributed by atoms with E-state index in [2.05, 4.69) is 4.98 Å². The van der Waals surface area contributed by atoms with Crippen LogP contribution in [-0.2, 0) is 0 Å². The van der Waals surface area contributed by atoms with Crippen molar-refractivity contribution in [3.63, 3.8) is 0 Å². The van der Waals surface area contributed by atoms with Gasteiger partial charge in [-0.2, -0.15) is 0 Å². The van der Waals surface area contributed by atoms with Gasteiger partial charge in [0, 0.05) is 22.8 Å². The Kier molecular flexibility index (Phi) is 2.69. The van der Waals surface area contributed by atoms with E-state index in [0.29, 0.717) is 10.7 Å². The van der Waals surface area contributed by atoms with Crippen LogP contribution in [0.2, 0.25) is 5.02 Å². The number of rotatable bonds is 1. The molecule has 1 aromatic heterocycles. The molecule has 1 nitrogen and oxygen atoms in total. The summed E-state index contributed by atoms with van der Waals surface area (Å²) in [5, 5.41) is 0.582. The number of hydrogen-bond donors (Lipinski definition) is 0. The highest BCUT2D eigenvalue weighted by Crippen LogP contribution is 2.27. The van der Waals surface area contributed by atoms with Gasteiger partial charge in [-0.05, 0) is 25.1 Å². The van der Waals surface area contributed by atoms with Crippen molar-refractivity contribution >= 4 is 11.6 Å². The summed E-state index contributed by atoms with van der Waals surface area (Å²) in [6.07, 6.45) is 1.43. The zero-order chi connectivity index (χ0) is 10.8. The van der Waals surface area contributed by atoms with Gasteiger partial charge in [0.25, 0.3) is 0 Å². The van der Waals surface area contributed by atoms with Gasteiger partial charge in [-0.25, -0.2) is 4.39 Å². The molecule has 0 spiro atoms. The summed E-state index contributed by atoms with van der Waals surface area (Å²) >= 11 is 6.02. The average Bonchev–Trinajstić information content (AvgIpc) is 2.22. The predicted molar refractivity (Wildman–Crippen MR) is 59.4 cm³/mol. The third-order valence-corrected chi connectivity index (χ3v) is 2.45. The molecule has 0 radical (unpaired) electrons. The van der Waals surface area contributed by atoms with Crippen molar-refractivity contribution in [1.29, 1.82) is 0 Å². The van der Waals surface area contributed by atoms with Crippen LogP contribution < -0.4 is 0 Å². The van der Waals surface area contributed by atoms with Crippen molar-refractivity contribution < 1.29 is 4.39 Å². The van der Waals surface area contributed by atoms with Gasteiger partial charge in [0.2, 0.25) is 0 Å². The molecule has 0 aliphatic heterocycles. The molecule has 0 aliphatic carbocycles. The SMILES string of the molecule is Cc1ccc(Cl)c(-c2cc(F)ccn2)c1. The zero-order valence-electron chi connectivity index (χ0n) is 8.17. The van der Waals surface area contributed by atoms with Crippen LogP contribution in [0, 0.1) is 12.7 Å². The first kappa shape index (κ1) is 10.1. The quantitative estimate of drug-likeness (QED) is 0.713. The monoisotopic (exact) mass is 221 g/mol. The molecule has 0 saturated carbocycles. The minimum Gasteiger partial charge on any atom is -0.256 e. The number of benzene rings is 1. The molecule has 0 saturated heterocycles. The number of hydrogen-bond acceptors (Lipinski definition) is 1. The first-order chi connectivity index (χ1) is 7.16. The summed E-state index contributed by atoms with van der Waals surface area (Å²) in [7, 11) is 0. The van der Waals surface area contributed by atoms with Gasteiger partial charge in [-0.1, -0.05) is 23.2 Å². The van der Waals surface area contributed by atoms with Crippen LogP contribution in [0.15, 0.2) is 36.5 Å². The van der Waals surface area contributed by atoms with Crippen molar-refractivity contribution in [2.45, 2.75) is 6.92 Å². The molecule has 1 aromatic carbocycles. The highest BCUT2D eigenvalue weighted by atomic mass is 35.5. The number of aryl methyl sites for hydroxylation is 1. The van der Waals surface area contributed by atoms with Crippen molar-refractivity contribution in [3.05, 3.63) is 52.9 Å². The summed E-state index contributed by atoms with van der Waals surface area (Å²) in [4.78, 5) is 4.09. The Hall–Kier alpha value is -1.41. The number of nitrogens with zero attached hydrogens (tertiary/aromatic N) is 1. The van der Waals surface area contributed by atoms with Crippen LogP contribution >= 0.6 is 11.6 Å². The van der Waals surface area contributed by atoms with Gasteiger partial charge in [0.15, 0.2) is 0 Å². The summed E-state index contributed by atoms with van der Waals surface area (Å²) < 4.78 is 13.0. The second-order valence-electron chi connectivity index (χ2n) is 3.34. The van der Waals surface area contributed by atoms with Gasteiger partial charge >= 0.3 is 0 Å². The Morgan fingerprint density at radius 1 is 1.20 bits per heavy atom. The lowest BCUT2D eigenvalue weighted by Crippen LogP contribution is -1.86. The number of aromatic nitrogens is 1. The van der Waals surface area contributed by atoms with E-state index in [1.807, 2.05) is 19.1 Å². The molecule has 2 rings (SSSR count). The molecule has 0 bridgehead atoms. The van der Waals surface area contributed by atoms with Crippen LogP contribution in [0.25, 0.3) is 11.3 Å². The van der Waals surface area contributed by atoms with Crippen molar-refractivity contribution in [2.75, 3.05) is 0 Å². The zero-order valence-corrected chi connectivity index (χ0v) is 8.92. The molecular weight excluding hydrogens is 213 g/mol. The molecule has 3 heteroatoms. The van der Waals surface area contributed by atoms with E-state index in [1.54, 1.807) is 6.07 Å². The molecule has 0 atom stereocenters. The van der Waals surface area contributed by atoms with E-state index in [9.17, 15) is 4.39 Å². The second-order valence-corrected chi connectivity index (χ2v) is 3.75. The Bertz CT molecular complexity index is 497. The summed E-state index contributed by atoms with van der Waals surface area (Å²) in [5.41, 5.74) is 2.39. The smallest absolute Gasteiger partial charge is 0.126 e. The molecule has 0 fully saturated rings. The first-order valence-electron chi connectivity index (χ1n) is 4.55. The lowest BCUT2D eigenvalue weighted by atomic mass is 10.1. The van der Waals surface area contributed by atoms with Crippen LogP contribution in [0.5, 0.6) is 0 Å². The minimum atomic E-state index is -0.308. The fourth-order valence-corrected chi connectivity index (χ4v) is 1.60. The van der Waals surface area contributed by atoms with Gasteiger partial charge in [0.1, 0.15) is 5.82 Å². The van der Waals surface area contributed by atoms with Crippen LogP contribution in [-0.4, -0.2) is 4.98 Å². The largest absolute Gasteiger partial charge is 0.256 e. The molecule has 1 heterocycles. The standard InChI is InChI=1S/C12H9ClFN/c1-8-2-3-11(13)10(6-8)12-7-9(14)4-5-15-12/h2-7H,1H3. The van der Waals surface area contributed by atoms with Crippen LogP contribution in [0.1, 0.15) is 5.56 Å². The Labute approximate surface area is 92.5 Å². The van der Waals surface area contributed by atoms with Crippen LogP contribution in [0.3, 0.4) is 0 Å². The molecule has 0 N–H and O–H groups in total. The second kappa shape index (κ2) is 3.99. The normalized spacial score (nSPS) is 10.3. The predicted octanol–water partition coefficient (Wildman–Crippen LogP) is 3.85. The van der Waals surface area contributed by atoms with Crippen molar-refractivity contribution in [1.82, 2.24) is 4.98 Å². The molecule has 0 amide bonds. The summed E-state index contributed by atoms with van der Waals surface area (Å²) in [6, 6.07) is 8.28. The fraction of sp³-hybridized carbons (Fsp3) is 0.0833. The van der Waals surface area contributed by atoms with Gasteiger partial charge in [-0.15, -0.1) is 0 Å². The van der Waals surface area contributed by atoms with Crippen LogP contribution in [0.4, 0.5) is 4.39 Å². The van der Waals surface area contributed by atoms with E-state index >= 15 is 0 Å². The van der Waals surface area contributed by atoms with Crippen molar-refractivity contribution in [2.24, 2.45) is 0 Å².